The van der Waals surface area contributed by atoms with E-state index in [1.165, 1.54) is 13.1 Å². The summed E-state index contributed by atoms with van der Waals surface area (Å²) < 4.78 is 30.8. The van der Waals surface area contributed by atoms with Gasteiger partial charge in [0, 0.05) is 7.05 Å². The van der Waals surface area contributed by atoms with Crippen LogP contribution in [0.3, 0.4) is 0 Å². The molecule has 0 bridgehead atoms. The molecule has 6 nitrogen and oxygen atoms in total. The quantitative estimate of drug-likeness (QED) is 0.865. The summed E-state index contributed by atoms with van der Waals surface area (Å²) in [4.78, 5) is 11.0. The lowest BCUT2D eigenvalue weighted by atomic mass is 10.2. The topological polar surface area (TPSA) is 84.5 Å². The molecule has 2 N–H and O–H groups in total. The van der Waals surface area contributed by atoms with Crippen molar-refractivity contribution in [2.75, 3.05) is 17.5 Å². The Balaban J connectivity index is 2.86. The molecule has 0 spiro atoms. The molecule has 0 aromatic heterocycles. The molecular formula is C12H18N2O4S. The summed E-state index contributed by atoms with van der Waals surface area (Å²) >= 11 is 0. The minimum Gasteiger partial charge on any atom is -0.410 e. The number of aryl methyl sites for hydroxylation is 1. The zero-order valence-corrected chi connectivity index (χ0v) is 12.0. The second-order valence-corrected chi connectivity index (χ2v) is 5.88. The van der Waals surface area contributed by atoms with Gasteiger partial charge in [0.15, 0.2) is 0 Å². The van der Waals surface area contributed by atoms with Crippen LogP contribution in [0.4, 0.5) is 10.5 Å². The number of ether oxygens (including phenoxy) is 1. The molecule has 1 aromatic carbocycles. The van der Waals surface area contributed by atoms with E-state index >= 15 is 0 Å². The molecule has 0 heterocycles. The van der Waals surface area contributed by atoms with Crippen molar-refractivity contribution in [3.8, 4) is 5.75 Å². The number of amides is 1. The summed E-state index contributed by atoms with van der Waals surface area (Å²) in [6.45, 7) is 3.53. The molecule has 0 saturated heterocycles. The van der Waals surface area contributed by atoms with E-state index in [0.29, 0.717) is 23.4 Å². The van der Waals surface area contributed by atoms with Gasteiger partial charge < -0.3 is 10.1 Å². The van der Waals surface area contributed by atoms with Crippen molar-refractivity contribution in [2.24, 2.45) is 0 Å². The van der Waals surface area contributed by atoms with Gasteiger partial charge in [-0.1, -0.05) is 6.92 Å². The lowest BCUT2D eigenvalue weighted by molar-refractivity contribution is 0.203. The number of benzene rings is 1. The fourth-order valence-electron chi connectivity index (χ4n) is 1.46. The standard InChI is InChI=1S/C12H18N2O4S/c1-4-7-19(16,17)14-11-6-5-10(8-9(11)2)18-12(15)13-3/h5-6,8,14H,4,7H2,1-3H3,(H,13,15). The molecule has 0 fully saturated rings. The van der Waals surface area contributed by atoms with Crippen molar-refractivity contribution in [1.82, 2.24) is 5.32 Å². The van der Waals surface area contributed by atoms with Crippen LogP contribution in [-0.4, -0.2) is 27.3 Å². The SMILES string of the molecule is CCCS(=O)(=O)Nc1ccc(OC(=O)NC)cc1C. The first-order valence-corrected chi connectivity index (χ1v) is 7.54. The zero-order chi connectivity index (χ0) is 14.5. The van der Waals surface area contributed by atoms with Crippen LogP contribution in [0.25, 0.3) is 0 Å². The number of hydrogen-bond acceptors (Lipinski definition) is 4. The van der Waals surface area contributed by atoms with Crippen molar-refractivity contribution < 1.29 is 17.9 Å². The molecule has 0 atom stereocenters. The van der Waals surface area contributed by atoms with E-state index in [9.17, 15) is 13.2 Å². The largest absolute Gasteiger partial charge is 0.412 e. The van der Waals surface area contributed by atoms with Crippen molar-refractivity contribution in [2.45, 2.75) is 20.3 Å². The Labute approximate surface area is 113 Å². The second kappa shape index (κ2) is 6.42. The van der Waals surface area contributed by atoms with Crippen LogP contribution >= 0.6 is 0 Å². The third kappa shape index (κ3) is 4.78. The van der Waals surface area contributed by atoms with Crippen LogP contribution in [0.1, 0.15) is 18.9 Å². The normalized spacial score (nSPS) is 10.9. The lowest BCUT2D eigenvalue weighted by Crippen LogP contribution is -2.22. The van der Waals surface area contributed by atoms with Gasteiger partial charge in [-0.05, 0) is 37.1 Å². The van der Waals surface area contributed by atoms with Crippen LogP contribution in [0.5, 0.6) is 5.75 Å². The van der Waals surface area contributed by atoms with Crippen LogP contribution in [0.15, 0.2) is 18.2 Å². The molecule has 19 heavy (non-hydrogen) atoms. The Bertz CT molecular complexity index is 555. The summed E-state index contributed by atoms with van der Waals surface area (Å²) in [6.07, 6.45) is -0.0228. The van der Waals surface area contributed by atoms with Gasteiger partial charge in [0.1, 0.15) is 5.75 Å². The number of anilines is 1. The molecule has 0 aliphatic carbocycles. The van der Waals surface area contributed by atoms with E-state index in [-0.39, 0.29) is 5.75 Å². The Morgan fingerprint density at radius 1 is 1.37 bits per heavy atom. The second-order valence-electron chi connectivity index (χ2n) is 4.04. The zero-order valence-electron chi connectivity index (χ0n) is 11.2. The lowest BCUT2D eigenvalue weighted by Gasteiger charge is -2.11. The molecule has 1 amide bonds. The van der Waals surface area contributed by atoms with Gasteiger partial charge in [0.05, 0.1) is 11.4 Å². The van der Waals surface area contributed by atoms with E-state index in [1.54, 1.807) is 26.0 Å². The molecule has 1 rings (SSSR count). The first-order valence-electron chi connectivity index (χ1n) is 5.88. The van der Waals surface area contributed by atoms with Gasteiger partial charge >= 0.3 is 6.09 Å². The van der Waals surface area contributed by atoms with Crippen molar-refractivity contribution >= 4 is 21.8 Å². The summed E-state index contributed by atoms with van der Waals surface area (Å²) in [6, 6.07) is 4.70. The van der Waals surface area contributed by atoms with Gasteiger partial charge in [-0.3, -0.25) is 4.72 Å². The molecule has 0 radical (unpaired) electrons. The van der Waals surface area contributed by atoms with Crippen molar-refractivity contribution in [3.63, 3.8) is 0 Å². The molecule has 106 valence electrons. The molecular weight excluding hydrogens is 268 g/mol. The molecule has 0 aliphatic heterocycles. The highest BCUT2D eigenvalue weighted by Gasteiger charge is 2.11. The van der Waals surface area contributed by atoms with E-state index in [4.69, 9.17) is 4.74 Å². The average molecular weight is 286 g/mol. The predicted octanol–water partition coefficient (Wildman–Crippen LogP) is 1.86. The van der Waals surface area contributed by atoms with E-state index in [2.05, 4.69) is 10.0 Å². The minimum atomic E-state index is -3.32. The number of hydrogen-bond donors (Lipinski definition) is 2. The van der Waals surface area contributed by atoms with Crippen molar-refractivity contribution in [3.05, 3.63) is 23.8 Å². The molecule has 7 heteroatoms. The maximum Gasteiger partial charge on any atom is 0.412 e. The molecule has 0 unspecified atom stereocenters. The summed E-state index contributed by atoms with van der Waals surface area (Å²) in [5.41, 5.74) is 1.17. The Hall–Kier alpha value is -1.76. The summed E-state index contributed by atoms with van der Waals surface area (Å²) in [5, 5.41) is 2.33. The number of carbonyl (C=O) groups is 1. The van der Waals surface area contributed by atoms with E-state index in [0.717, 1.165) is 0 Å². The maximum atomic E-state index is 11.7. The van der Waals surface area contributed by atoms with Crippen LogP contribution in [-0.2, 0) is 10.0 Å². The maximum absolute atomic E-state index is 11.7. The van der Waals surface area contributed by atoms with Crippen LogP contribution in [0, 0.1) is 6.92 Å². The average Bonchev–Trinajstić information content (AvgIpc) is 2.32. The monoisotopic (exact) mass is 286 g/mol. The Morgan fingerprint density at radius 3 is 2.58 bits per heavy atom. The summed E-state index contributed by atoms with van der Waals surface area (Å²) in [5.74, 6) is 0.429. The Kier molecular flexibility index (Phi) is 5.17. The predicted molar refractivity (Wildman–Crippen MR) is 74.0 cm³/mol. The first-order chi connectivity index (χ1) is 8.88. The van der Waals surface area contributed by atoms with Gasteiger partial charge in [-0.25, -0.2) is 13.2 Å². The van der Waals surface area contributed by atoms with Gasteiger partial charge in [0.2, 0.25) is 10.0 Å². The van der Waals surface area contributed by atoms with E-state index < -0.39 is 16.1 Å². The Morgan fingerprint density at radius 2 is 2.05 bits per heavy atom. The van der Waals surface area contributed by atoms with Gasteiger partial charge in [-0.2, -0.15) is 0 Å². The van der Waals surface area contributed by atoms with E-state index in [1.807, 2.05) is 0 Å². The number of rotatable bonds is 5. The van der Waals surface area contributed by atoms with Gasteiger partial charge in [0.25, 0.3) is 0 Å². The minimum absolute atomic E-state index is 0.0724. The number of nitrogens with one attached hydrogen (secondary N) is 2. The fourth-order valence-corrected chi connectivity index (χ4v) is 2.66. The van der Waals surface area contributed by atoms with Crippen molar-refractivity contribution in [1.29, 1.82) is 0 Å². The molecule has 1 aromatic rings. The van der Waals surface area contributed by atoms with Gasteiger partial charge in [-0.15, -0.1) is 0 Å². The smallest absolute Gasteiger partial charge is 0.410 e. The van der Waals surface area contributed by atoms with Crippen LogP contribution in [0.2, 0.25) is 0 Å². The fraction of sp³-hybridized carbons (Fsp3) is 0.417. The summed E-state index contributed by atoms with van der Waals surface area (Å²) in [7, 11) is -1.86. The number of carbonyl (C=O) groups excluding carboxylic acids is 1. The molecule has 0 aliphatic rings. The third-order valence-corrected chi connectivity index (χ3v) is 3.83. The van der Waals surface area contributed by atoms with Crippen LogP contribution < -0.4 is 14.8 Å². The highest BCUT2D eigenvalue weighted by Crippen LogP contribution is 2.22. The third-order valence-electron chi connectivity index (χ3n) is 2.35. The molecule has 0 saturated carbocycles. The number of sulfonamides is 1. The highest BCUT2D eigenvalue weighted by atomic mass is 32.2. The first kappa shape index (κ1) is 15.3. The highest BCUT2D eigenvalue weighted by molar-refractivity contribution is 7.92.